The predicted molar refractivity (Wildman–Crippen MR) is 156 cm³/mol. The Morgan fingerprint density at radius 1 is 0.500 bits per heavy atom. The molecule has 1 nitrogen and oxygen atoms in total. The van der Waals surface area contributed by atoms with Gasteiger partial charge >= 0.3 is 0 Å². The largest absolute Gasteiger partial charge is 0.488 e. The summed E-state index contributed by atoms with van der Waals surface area (Å²) in [5, 5.41) is 5.24. The van der Waals surface area contributed by atoms with Gasteiger partial charge in [0.2, 0.25) is 0 Å². The summed E-state index contributed by atoms with van der Waals surface area (Å²) in [7, 11) is -2.05. The molecule has 0 radical (unpaired) electrons. The van der Waals surface area contributed by atoms with Crippen LogP contribution in [0, 0.1) is 0 Å². The van der Waals surface area contributed by atoms with E-state index in [1.807, 2.05) is 30.3 Å². The summed E-state index contributed by atoms with van der Waals surface area (Å²) in [5.74, 6) is 0.848. The minimum atomic E-state index is -2.05. The Balaban J connectivity index is 1.62. The van der Waals surface area contributed by atoms with Crippen molar-refractivity contribution in [2.75, 3.05) is 0 Å². The molecular formula is C32H26Cl2OP+. The fourth-order valence-electron chi connectivity index (χ4n) is 4.62. The van der Waals surface area contributed by atoms with Crippen LogP contribution in [-0.4, -0.2) is 0 Å². The van der Waals surface area contributed by atoms with Gasteiger partial charge < -0.3 is 4.74 Å². The highest BCUT2D eigenvalue weighted by Gasteiger charge is 2.45. The maximum Gasteiger partial charge on any atom is 0.126 e. The first-order valence-corrected chi connectivity index (χ1v) is 14.6. The highest BCUT2D eigenvalue weighted by molar-refractivity contribution is 7.95. The summed E-state index contributed by atoms with van der Waals surface area (Å²) in [4.78, 5) is 0. The molecule has 0 aliphatic heterocycles. The number of hydrogen-bond acceptors (Lipinski definition) is 1. The van der Waals surface area contributed by atoms with Gasteiger partial charge in [-0.3, -0.25) is 0 Å². The SMILES string of the molecule is Clc1cccc(Cl)c1COc1ccccc1C[P+](c1ccccc1)(c1ccccc1)c1ccccc1. The number of para-hydroxylation sites is 1. The second-order valence-corrected chi connectivity index (χ2v) is 12.9. The molecule has 0 aromatic heterocycles. The van der Waals surface area contributed by atoms with Crippen LogP contribution in [0.15, 0.2) is 133 Å². The zero-order valence-electron chi connectivity index (χ0n) is 19.7. The van der Waals surface area contributed by atoms with Gasteiger partial charge in [0.25, 0.3) is 0 Å². The highest BCUT2D eigenvalue weighted by atomic mass is 35.5. The first kappa shape index (κ1) is 24.6. The Kier molecular flexibility index (Phi) is 7.73. The number of ether oxygens (including phenoxy) is 1. The molecule has 0 heterocycles. The van der Waals surface area contributed by atoms with Gasteiger partial charge in [-0.15, -0.1) is 0 Å². The second-order valence-electron chi connectivity index (χ2n) is 8.57. The number of rotatable bonds is 8. The van der Waals surface area contributed by atoms with Gasteiger partial charge in [0.1, 0.15) is 41.7 Å². The van der Waals surface area contributed by atoms with E-state index in [1.54, 1.807) is 0 Å². The molecule has 5 aromatic carbocycles. The van der Waals surface area contributed by atoms with E-state index < -0.39 is 7.26 Å². The lowest BCUT2D eigenvalue weighted by atomic mass is 10.2. The predicted octanol–water partition coefficient (Wildman–Crippen LogP) is 8.07. The number of halogens is 2. The van der Waals surface area contributed by atoms with Crippen molar-refractivity contribution in [1.29, 1.82) is 0 Å². The van der Waals surface area contributed by atoms with Crippen molar-refractivity contribution in [3.05, 3.63) is 155 Å². The molecule has 0 unspecified atom stereocenters. The average molecular weight is 528 g/mol. The van der Waals surface area contributed by atoms with Crippen LogP contribution in [0.25, 0.3) is 0 Å². The Bertz CT molecular complexity index is 1310. The normalized spacial score (nSPS) is 11.3. The first-order chi connectivity index (χ1) is 17.7. The average Bonchev–Trinajstić information content (AvgIpc) is 2.93. The van der Waals surface area contributed by atoms with Crippen molar-refractivity contribution in [2.24, 2.45) is 0 Å². The zero-order valence-corrected chi connectivity index (χ0v) is 22.1. The molecule has 0 amide bonds. The van der Waals surface area contributed by atoms with Crippen molar-refractivity contribution in [1.82, 2.24) is 0 Å². The Hall–Kier alpha value is -3.09. The van der Waals surface area contributed by atoms with Gasteiger partial charge in [0, 0.05) is 21.2 Å². The molecule has 0 aliphatic carbocycles. The highest BCUT2D eigenvalue weighted by Crippen LogP contribution is 2.59. The number of hydrogen-bond donors (Lipinski definition) is 0. The van der Waals surface area contributed by atoms with Gasteiger partial charge in [-0.25, -0.2) is 0 Å². The molecule has 4 heteroatoms. The third-order valence-corrected chi connectivity index (χ3v) is 11.5. The van der Waals surface area contributed by atoms with Crippen LogP contribution in [0.1, 0.15) is 11.1 Å². The van der Waals surface area contributed by atoms with Crippen LogP contribution in [0.3, 0.4) is 0 Å². The molecule has 0 atom stereocenters. The fraction of sp³-hybridized carbons (Fsp3) is 0.0625. The van der Waals surface area contributed by atoms with E-state index >= 15 is 0 Å². The van der Waals surface area contributed by atoms with Crippen molar-refractivity contribution in [3.63, 3.8) is 0 Å². The minimum absolute atomic E-state index is 0.309. The van der Waals surface area contributed by atoms with Gasteiger partial charge in [-0.05, 0) is 54.6 Å². The first-order valence-electron chi connectivity index (χ1n) is 11.9. The van der Waals surface area contributed by atoms with Crippen LogP contribution in [0.2, 0.25) is 10.0 Å². The van der Waals surface area contributed by atoms with E-state index in [4.69, 9.17) is 27.9 Å². The monoisotopic (exact) mass is 527 g/mol. The van der Waals surface area contributed by atoms with Crippen LogP contribution in [-0.2, 0) is 12.8 Å². The number of benzene rings is 5. The summed E-state index contributed by atoms with van der Waals surface area (Å²) < 4.78 is 6.39. The van der Waals surface area contributed by atoms with Gasteiger partial charge in [-0.1, -0.05) is 102 Å². The fourth-order valence-corrected chi connectivity index (χ4v) is 9.38. The molecule has 36 heavy (non-hydrogen) atoms. The maximum atomic E-state index is 6.42. The summed E-state index contributed by atoms with van der Waals surface area (Å²) in [6.45, 7) is 0.309. The maximum absolute atomic E-state index is 6.42. The van der Waals surface area contributed by atoms with Crippen molar-refractivity contribution in [2.45, 2.75) is 12.8 Å². The van der Waals surface area contributed by atoms with Gasteiger partial charge in [-0.2, -0.15) is 0 Å². The van der Waals surface area contributed by atoms with Crippen LogP contribution in [0.5, 0.6) is 5.75 Å². The molecule has 0 N–H and O–H groups in total. The van der Waals surface area contributed by atoms with Crippen LogP contribution >= 0.6 is 30.5 Å². The molecule has 178 valence electrons. The quantitative estimate of drug-likeness (QED) is 0.185. The minimum Gasteiger partial charge on any atom is -0.488 e. The molecular weight excluding hydrogens is 502 g/mol. The van der Waals surface area contributed by atoms with E-state index in [0.717, 1.165) is 23.0 Å². The lowest BCUT2D eigenvalue weighted by Crippen LogP contribution is -2.32. The standard InChI is InChI=1S/C32H26Cl2OP/c33-30-20-12-21-31(34)29(30)23-35-32-22-11-10-13-25(32)24-36(26-14-4-1-5-15-26,27-16-6-2-7-17-27)28-18-8-3-9-19-28/h1-22H,23-24H2/q+1. The smallest absolute Gasteiger partial charge is 0.126 e. The van der Waals surface area contributed by atoms with E-state index in [0.29, 0.717) is 16.7 Å². The van der Waals surface area contributed by atoms with E-state index in [-0.39, 0.29) is 0 Å². The third-order valence-electron chi connectivity index (χ3n) is 6.40. The summed E-state index contributed by atoms with van der Waals surface area (Å²) in [5.41, 5.74) is 1.96. The van der Waals surface area contributed by atoms with Crippen molar-refractivity contribution in [3.8, 4) is 5.75 Å². The molecule has 0 fully saturated rings. The Morgan fingerprint density at radius 3 is 1.44 bits per heavy atom. The topological polar surface area (TPSA) is 9.23 Å². The van der Waals surface area contributed by atoms with Crippen molar-refractivity contribution >= 4 is 46.4 Å². The molecule has 5 rings (SSSR count). The van der Waals surface area contributed by atoms with E-state index in [1.165, 1.54) is 15.9 Å². The molecule has 0 spiro atoms. The lowest BCUT2D eigenvalue weighted by molar-refractivity contribution is 0.304. The summed E-state index contributed by atoms with van der Waals surface area (Å²) in [6, 6.07) is 46.5. The van der Waals surface area contributed by atoms with E-state index in [9.17, 15) is 0 Å². The molecule has 0 saturated heterocycles. The van der Waals surface area contributed by atoms with Crippen LogP contribution < -0.4 is 20.7 Å². The van der Waals surface area contributed by atoms with E-state index in [2.05, 4.69) is 103 Å². The molecule has 5 aromatic rings. The van der Waals surface area contributed by atoms with Gasteiger partial charge in [0.05, 0.1) is 0 Å². The van der Waals surface area contributed by atoms with Crippen LogP contribution in [0.4, 0.5) is 0 Å². The van der Waals surface area contributed by atoms with Crippen molar-refractivity contribution < 1.29 is 4.74 Å². The lowest BCUT2D eigenvalue weighted by Gasteiger charge is -2.28. The van der Waals surface area contributed by atoms with Gasteiger partial charge in [0.15, 0.2) is 0 Å². The Labute approximate surface area is 223 Å². The second kappa shape index (κ2) is 11.3. The molecule has 0 bridgehead atoms. The molecule has 0 aliphatic rings. The third kappa shape index (κ3) is 5.06. The molecule has 0 saturated carbocycles. The summed E-state index contributed by atoms with van der Waals surface area (Å²) >= 11 is 12.8. The zero-order chi connectivity index (χ0) is 24.8. The summed E-state index contributed by atoms with van der Waals surface area (Å²) in [6.07, 6.45) is 0.831. The Morgan fingerprint density at radius 2 is 0.944 bits per heavy atom.